The average molecular weight is 355 g/mol. The molecule has 1 rings (SSSR count). The zero-order valence-corrected chi connectivity index (χ0v) is 15.9. The van der Waals surface area contributed by atoms with E-state index < -0.39 is 12.2 Å². The summed E-state index contributed by atoms with van der Waals surface area (Å²) < 4.78 is 5.05. The maximum atomic E-state index is 10.2. The molecule has 1 aliphatic rings. The van der Waals surface area contributed by atoms with E-state index in [1.807, 2.05) is 0 Å². The summed E-state index contributed by atoms with van der Waals surface area (Å²) in [5.74, 6) is 0.174. The van der Waals surface area contributed by atoms with Crippen LogP contribution in [-0.2, 0) is 4.74 Å². The molecule has 0 aromatic rings. The summed E-state index contributed by atoms with van der Waals surface area (Å²) in [5.41, 5.74) is 0. The van der Waals surface area contributed by atoms with Gasteiger partial charge in [-0.15, -0.1) is 0 Å². The highest BCUT2D eigenvalue weighted by Gasteiger charge is 2.39. The Hall–Kier alpha value is -0.680. The smallest absolute Gasteiger partial charge is 0.0631 e. The number of rotatable bonds is 14. The summed E-state index contributed by atoms with van der Waals surface area (Å²) in [5, 5.41) is 29.2. The van der Waals surface area contributed by atoms with E-state index in [2.05, 4.69) is 24.3 Å². The van der Waals surface area contributed by atoms with Gasteiger partial charge in [-0.25, -0.2) is 0 Å². The van der Waals surface area contributed by atoms with Crippen LogP contribution in [0.5, 0.6) is 0 Å². The number of unbranched alkanes of at least 4 members (excludes halogenated alkanes) is 6. The molecule has 0 saturated heterocycles. The molecule has 25 heavy (non-hydrogen) atoms. The molecule has 1 aliphatic carbocycles. The van der Waals surface area contributed by atoms with Gasteiger partial charge in [0, 0.05) is 32.7 Å². The van der Waals surface area contributed by atoms with Crippen LogP contribution in [0.15, 0.2) is 24.3 Å². The fourth-order valence-corrected chi connectivity index (χ4v) is 3.57. The van der Waals surface area contributed by atoms with Gasteiger partial charge in [-0.2, -0.15) is 0 Å². The van der Waals surface area contributed by atoms with Crippen molar-refractivity contribution >= 4 is 0 Å². The normalized spacial score (nSPS) is 27.0. The van der Waals surface area contributed by atoms with E-state index in [4.69, 9.17) is 9.84 Å². The minimum atomic E-state index is -0.430. The molecule has 0 bridgehead atoms. The molecular weight excluding hydrogens is 316 g/mol. The first-order valence-corrected chi connectivity index (χ1v) is 9.98. The second-order valence-electron chi connectivity index (χ2n) is 7.16. The van der Waals surface area contributed by atoms with E-state index in [1.165, 1.54) is 19.3 Å². The van der Waals surface area contributed by atoms with Crippen molar-refractivity contribution < 1.29 is 20.1 Å². The van der Waals surface area contributed by atoms with Crippen molar-refractivity contribution in [2.75, 3.05) is 20.3 Å². The van der Waals surface area contributed by atoms with Crippen LogP contribution in [0.25, 0.3) is 0 Å². The van der Waals surface area contributed by atoms with Gasteiger partial charge < -0.3 is 20.1 Å². The summed E-state index contributed by atoms with van der Waals surface area (Å²) in [7, 11) is 1.74. The number of hydrogen-bond donors (Lipinski definition) is 3. The maximum Gasteiger partial charge on any atom is 0.0631 e. The first kappa shape index (κ1) is 22.4. The van der Waals surface area contributed by atoms with Crippen molar-refractivity contribution in [2.24, 2.45) is 11.8 Å². The van der Waals surface area contributed by atoms with Crippen LogP contribution in [0.3, 0.4) is 0 Å². The van der Waals surface area contributed by atoms with Crippen LogP contribution < -0.4 is 0 Å². The number of methoxy groups -OCH3 is 1. The van der Waals surface area contributed by atoms with Gasteiger partial charge in [-0.1, -0.05) is 37.1 Å². The highest BCUT2D eigenvalue weighted by Crippen LogP contribution is 2.36. The maximum absolute atomic E-state index is 10.2. The molecule has 0 amide bonds. The quantitative estimate of drug-likeness (QED) is 0.329. The highest BCUT2D eigenvalue weighted by atomic mass is 16.5. The van der Waals surface area contributed by atoms with Crippen molar-refractivity contribution in [3.05, 3.63) is 24.3 Å². The van der Waals surface area contributed by atoms with Crippen LogP contribution in [0, 0.1) is 11.8 Å². The van der Waals surface area contributed by atoms with Gasteiger partial charge in [0.15, 0.2) is 0 Å². The van der Waals surface area contributed by atoms with Crippen molar-refractivity contribution in [1.82, 2.24) is 0 Å². The van der Waals surface area contributed by atoms with E-state index in [1.54, 1.807) is 7.11 Å². The largest absolute Gasteiger partial charge is 0.396 e. The Bertz CT molecular complexity index is 367. The lowest BCUT2D eigenvalue weighted by Crippen LogP contribution is -2.19. The van der Waals surface area contributed by atoms with Gasteiger partial charge in [0.05, 0.1) is 12.2 Å². The predicted octanol–water partition coefficient (Wildman–Crippen LogP) is 3.61. The molecule has 1 saturated carbocycles. The van der Waals surface area contributed by atoms with Gasteiger partial charge >= 0.3 is 0 Å². The van der Waals surface area contributed by atoms with E-state index in [0.29, 0.717) is 6.42 Å². The van der Waals surface area contributed by atoms with Crippen molar-refractivity contribution in [3.63, 3.8) is 0 Å². The third-order valence-electron chi connectivity index (χ3n) is 5.10. The van der Waals surface area contributed by atoms with Crippen LogP contribution in [0.2, 0.25) is 0 Å². The molecule has 0 aliphatic heterocycles. The van der Waals surface area contributed by atoms with Crippen LogP contribution >= 0.6 is 0 Å². The molecule has 0 aromatic heterocycles. The number of aliphatic hydroxyl groups excluding tert-OH is 3. The molecule has 0 heterocycles. The molecule has 1 fully saturated rings. The topological polar surface area (TPSA) is 69.9 Å². The lowest BCUT2D eigenvalue weighted by Gasteiger charge is -2.19. The Labute approximate surface area is 153 Å². The van der Waals surface area contributed by atoms with Crippen molar-refractivity contribution in [3.8, 4) is 0 Å². The van der Waals surface area contributed by atoms with Crippen LogP contribution in [0.4, 0.5) is 0 Å². The number of aliphatic hydroxyl groups is 3. The van der Waals surface area contributed by atoms with Gasteiger partial charge in [-0.3, -0.25) is 0 Å². The fourth-order valence-electron chi connectivity index (χ4n) is 3.57. The second-order valence-corrected chi connectivity index (χ2v) is 7.16. The third kappa shape index (κ3) is 9.55. The van der Waals surface area contributed by atoms with E-state index in [-0.39, 0.29) is 18.4 Å². The molecule has 0 spiro atoms. The molecule has 146 valence electrons. The van der Waals surface area contributed by atoms with Crippen LogP contribution in [0.1, 0.15) is 64.2 Å². The van der Waals surface area contributed by atoms with E-state index >= 15 is 0 Å². The lowest BCUT2D eigenvalue weighted by atomic mass is 9.89. The molecule has 4 atom stereocenters. The number of hydrogen-bond acceptors (Lipinski definition) is 4. The van der Waals surface area contributed by atoms with Gasteiger partial charge in [0.1, 0.15) is 0 Å². The minimum absolute atomic E-state index is 0.0607. The predicted molar refractivity (Wildman–Crippen MR) is 102 cm³/mol. The number of ether oxygens (including phenoxy) is 1. The Balaban J connectivity index is 2.29. The summed E-state index contributed by atoms with van der Waals surface area (Å²) in [4.78, 5) is 0. The Morgan fingerprint density at radius 1 is 0.880 bits per heavy atom. The van der Waals surface area contributed by atoms with Crippen molar-refractivity contribution in [1.29, 1.82) is 0 Å². The summed E-state index contributed by atoms with van der Waals surface area (Å²) >= 11 is 0. The summed E-state index contributed by atoms with van der Waals surface area (Å²) in [6.45, 7) is 1.10. The Morgan fingerprint density at radius 3 is 2.36 bits per heavy atom. The summed E-state index contributed by atoms with van der Waals surface area (Å²) in [6.07, 6.45) is 17.6. The van der Waals surface area contributed by atoms with Crippen molar-refractivity contribution in [2.45, 2.75) is 76.4 Å². The molecule has 0 radical (unpaired) electrons. The van der Waals surface area contributed by atoms with E-state index in [0.717, 1.165) is 45.1 Å². The third-order valence-corrected chi connectivity index (χ3v) is 5.10. The lowest BCUT2D eigenvalue weighted by molar-refractivity contribution is 0.120. The highest BCUT2D eigenvalue weighted by molar-refractivity contribution is 5.04. The standard InChI is InChI=1S/C21H38O4/c1-25-16-12-8-3-2-5-9-13-18-19(21(24)17-20(18)23)14-10-6-4-7-11-15-22/h6,9-10,13,18-24H,2-5,7-8,11-12,14-17H2,1H3/b10-6-,13-9+/t18-,19?,20-,21+/m0/s1. The van der Waals surface area contributed by atoms with Gasteiger partial charge in [-0.05, 0) is 50.9 Å². The first-order chi connectivity index (χ1) is 12.2. The minimum Gasteiger partial charge on any atom is -0.396 e. The van der Waals surface area contributed by atoms with Gasteiger partial charge in [0.2, 0.25) is 0 Å². The molecule has 1 unspecified atom stereocenters. The Morgan fingerprint density at radius 2 is 1.60 bits per heavy atom. The molecule has 4 nitrogen and oxygen atoms in total. The first-order valence-electron chi connectivity index (χ1n) is 9.98. The van der Waals surface area contributed by atoms with Gasteiger partial charge in [0.25, 0.3) is 0 Å². The molecular formula is C21H38O4. The monoisotopic (exact) mass is 354 g/mol. The molecule has 3 N–H and O–H groups in total. The van der Waals surface area contributed by atoms with E-state index in [9.17, 15) is 10.2 Å². The fraction of sp³-hybridized carbons (Fsp3) is 0.810. The zero-order chi connectivity index (χ0) is 18.3. The summed E-state index contributed by atoms with van der Waals surface area (Å²) in [6, 6.07) is 0. The SMILES string of the molecule is COCCCCCC/C=C/[C@H]1C(C/C=C\CCCCO)[C@H](O)C[C@@H]1O. The van der Waals surface area contributed by atoms with Crippen LogP contribution in [-0.4, -0.2) is 47.9 Å². The average Bonchev–Trinajstić information content (AvgIpc) is 2.86. The zero-order valence-electron chi connectivity index (χ0n) is 15.9. The molecule has 0 aromatic carbocycles. The second kappa shape index (κ2) is 14.5. The molecule has 4 heteroatoms. The Kier molecular flexibility index (Phi) is 13.0. The number of allylic oxidation sites excluding steroid dienone is 3.